The van der Waals surface area contributed by atoms with Gasteiger partial charge in [-0.3, -0.25) is 10.1 Å². The summed E-state index contributed by atoms with van der Waals surface area (Å²) in [6.07, 6.45) is 0. The number of hydrogen-bond acceptors (Lipinski definition) is 5. The van der Waals surface area contributed by atoms with Gasteiger partial charge in [0.15, 0.2) is 0 Å². The highest BCUT2D eigenvalue weighted by molar-refractivity contribution is 7.07. The van der Waals surface area contributed by atoms with E-state index in [9.17, 15) is 14.9 Å². The second kappa shape index (κ2) is 5.49. The summed E-state index contributed by atoms with van der Waals surface area (Å²) in [6.45, 7) is 0.0919. The van der Waals surface area contributed by atoms with Crippen LogP contribution < -0.4 is 4.74 Å². The molecule has 2 rings (SSSR count). The molecule has 0 fully saturated rings. The Bertz CT molecular complexity index is 576. The maximum absolute atomic E-state index is 11.1. The van der Waals surface area contributed by atoms with Gasteiger partial charge in [-0.1, -0.05) is 6.07 Å². The van der Waals surface area contributed by atoms with Crippen molar-refractivity contribution in [3.8, 4) is 5.75 Å². The molecular weight excluding hydrogens is 270 g/mol. The van der Waals surface area contributed by atoms with Crippen LogP contribution in [0, 0.1) is 10.1 Å². The second-order valence-electron chi connectivity index (χ2n) is 3.64. The van der Waals surface area contributed by atoms with E-state index in [2.05, 4.69) is 0 Å². The quantitative estimate of drug-likeness (QED) is 0.671. The van der Waals surface area contributed by atoms with Crippen LogP contribution in [0.5, 0.6) is 5.75 Å². The highest BCUT2D eigenvalue weighted by Crippen LogP contribution is 2.31. The van der Waals surface area contributed by atoms with Gasteiger partial charge in [-0.2, -0.15) is 11.3 Å². The molecule has 7 heteroatoms. The first-order valence-corrected chi connectivity index (χ1v) is 6.18. The number of carboxylic acid groups (broad SMARTS) is 1. The molecule has 1 aromatic carbocycles. The van der Waals surface area contributed by atoms with E-state index in [1.165, 1.54) is 29.5 Å². The van der Waals surface area contributed by atoms with Gasteiger partial charge in [0.25, 0.3) is 0 Å². The number of ether oxygens (including phenoxy) is 1. The molecule has 0 aliphatic rings. The summed E-state index contributed by atoms with van der Waals surface area (Å²) in [5.41, 5.74) is 0.263. The second-order valence-corrected chi connectivity index (χ2v) is 4.42. The van der Waals surface area contributed by atoms with E-state index in [0.29, 0.717) is 0 Å². The van der Waals surface area contributed by atoms with Crippen molar-refractivity contribution >= 4 is 23.0 Å². The molecule has 0 aliphatic carbocycles. The first-order chi connectivity index (χ1) is 9.09. The van der Waals surface area contributed by atoms with Crippen LogP contribution in [0.2, 0.25) is 0 Å². The Kier molecular flexibility index (Phi) is 3.76. The Morgan fingerprint density at radius 1 is 1.42 bits per heavy atom. The minimum absolute atomic E-state index is 0.0919. The molecule has 6 nitrogen and oxygen atoms in total. The molecule has 1 N–H and O–H groups in total. The highest BCUT2D eigenvalue weighted by Gasteiger charge is 2.22. The molecule has 2 aromatic rings. The molecule has 0 atom stereocenters. The number of nitrogens with zero attached hydrogens (tertiary/aromatic N) is 1. The van der Waals surface area contributed by atoms with Gasteiger partial charge in [-0.25, -0.2) is 4.79 Å². The van der Waals surface area contributed by atoms with E-state index in [-0.39, 0.29) is 23.6 Å². The molecule has 0 bridgehead atoms. The number of thiophene rings is 1. The SMILES string of the molecule is O=C(O)c1cccc([N+](=O)[O-])c1OCc1ccsc1. The van der Waals surface area contributed by atoms with Crippen molar-refractivity contribution in [1.82, 2.24) is 0 Å². The minimum Gasteiger partial charge on any atom is -0.481 e. The van der Waals surface area contributed by atoms with Gasteiger partial charge in [-0.05, 0) is 28.5 Å². The fourth-order valence-electron chi connectivity index (χ4n) is 1.52. The summed E-state index contributed by atoms with van der Waals surface area (Å²) in [5.74, 6) is -1.48. The predicted molar refractivity (Wildman–Crippen MR) is 68.7 cm³/mol. The van der Waals surface area contributed by atoms with Crippen LogP contribution in [0.4, 0.5) is 5.69 Å². The van der Waals surface area contributed by atoms with E-state index < -0.39 is 10.9 Å². The maximum atomic E-state index is 11.1. The fraction of sp³-hybridized carbons (Fsp3) is 0.0833. The summed E-state index contributed by atoms with van der Waals surface area (Å²) < 4.78 is 5.32. The van der Waals surface area contributed by atoms with Crippen molar-refractivity contribution in [3.05, 3.63) is 56.3 Å². The maximum Gasteiger partial charge on any atom is 0.339 e. The molecule has 0 aliphatic heterocycles. The Morgan fingerprint density at radius 3 is 2.79 bits per heavy atom. The van der Waals surface area contributed by atoms with Crippen LogP contribution in [-0.4, -0.2) is 16.0 Å². The third-order valence-corrected chi connectivity index (χ3v) is 3.12. The predicted octanol–water partition coefficient (Wildman–Crippen LogP) is 2.93. The lowest BCUT2D eigenvalue weighted by Gasteiger charge is -2.08. The van der Waals surface area contributed by atoms with E-state index >= 15 is 0 Å². The largest absolute Gasteiger partial charge is 0.481 e. The number of carboxylic acids is 1. The molecule has 0 saturated carbocycles. The van der Waals surface area contributed by atoms with Gasteiger partial charge < -0.3 is 9.84 Å². The Balaban J connectivity index is 2.35. The first kappa shape index (κ1) is 13.0. The standard InChI is InChI=1S/C12H9NO5S/c14-12(15)9-2-1-3-10(13(16)17)11(9)18-6-8-4-5-19-7-8/h1-5,7H,6H2,(H,14,15). The fourth-order valence-corrected chi connectivity index (χ4v) is 2.17. The van der Waals surface area contributed by atoms with E-state index in [1.807, 2.05) is 10.8 Å². The number of carbonyl (C=O) groups is 1. The third-order valence-electron chi connectivity index (χ3n) is 2.38. The number of nitro benzene ring substituents is 1. The van der Waals surface area contributed by atoms with Crippen LogP contribution in [0.15, 0.2) is 35.0 Å². The number of hydrogen-bond donors (Lipinski definition) is 1. The summed E-state index contributed by atoms with van der Waals surface area (Å²) >= 11 is 1.47. The third kappa shape index (κ3) is 2.89. The van der Waals surface area contributed by atoms with E-state index in [4.69, 9.17) is 9.84 Å². The van der Waals surface area contributed by atoms with Crippen LogP contribution in [0.25, 0.3) is 0 Å². The zero-order valence-corrected chi connectivity index (χ0v) is 10.4. The normalized spacial score (nSPS) is 10.1. The molecule has 1 aromatic heterocycles. The summed E-state index contributed by atoms with van der Waals surface area (Å²) in [6, 6.07) is 5.62. The average Bonchev–Trinajstić information content (AvgIpc) is 2.88. The number of para-hydroxylation sites is 1. The molecule has 1 heterocycles. The van der Waals surface area contributed by atoms with Crippen molar-refractivity contribution in [2.75, 3.05) is 0 Å². The topological polar surface area (TPSA) is 89.7 Å². The number of benzene rings is 1. The molecule has 0 amide bonds. The Labute approximate surface area is 112 Å². The van der Waals surface area contributed by atoms with Gasteiger partial charge in [0.1, 0.15) is 12.2 Å². The van der Waals surface area contributed by atoms with Crippen molar-refractivity contribution in [1.29, 1.82) is 0 Å². The number of nitro groups is 1. The smallest absolute Gasteiger partial charge is 0.339 e. The van der Waals surface area contributed by atoms with Crippen molar-refractivity contribution < 1.29 is 19.6 Å². The zero-order valence-electron chi connectivity index (χ0n) is 9.61. The lowest BCUT2D eigenvalue weighted by Crippen LogP contribution is -2.05. The van der Waals surface area contributed by atoms with Gasteiger partial charge in [-0.15, -0.1) is 0 Å². The monoisotopic (exact) mass is 279 g/mol. The number of aromatic carboxylic acids is 1. The lowest BCUT2D eigenvalue weighted by atomic mass is 10.1. The van der Waals surface area contributed by atoms with Crippen molar-refractivity contribution in [2.24, 2.45) is 0 Å². The summed E-state index contributed by atoms with van der Waals surface area (Å²) in [5, 5.41) is 23.6. The molecule has 0 spiro atoms. The molecule has 0 unspecified atom stereocenters. The first-order valence-electron chi connectivity index (χ1n) is 5.24. The number of rotatable bonds is 5. The highest BCUT2D eigenvalue weighted by atomic mass is 32.1. The van der Waals surface area contributed by atoms with Crippen molar-refractivity contribution in [2.45, 2.75) is 6.61 Å². The lowest BCUT2D eigenvalue weighted by molar-refractivity contribution is -0.386. The Hall–Kier alpha value is -2.41. The van der Waals surface area contributed by atoms with E-state index in [1.54, 1.807) is 6.07 Å². The van der Waals surface area contributed by atoms with Gasteiger partial charge in [0.05, 0.1) is 4.92 Å². The van der Waals surface area contributed by atoms with E-state index in [0.717, 1.165) is 5.56 Å². The molecule has 98 valence electrons. The molecular formula is C12H9NO5S. The summed E-state index contributed by atoms with van der Waals surface area (Å²) in [7, 11) is 0. The van der Waals surface area contributed by atoms with Crippen LogP contribution >= 0.6 is 11.3 Å². The van der Waals surface area contributed by atoms with Gasteiger partial charge >= 0.3 is 11.7 Å². The van der Waals surface area contributed by atoms with Gasteiger partial charge in [0.2, 0.25) is 5.75 Å². The summed E-state index contributed by atoms with van der Waals surface area (Å²) in [4.78, 5) is 21.3. The zero-order chi connectivity index (χ0) is 13.8. The van der Waals surface area contributed by atoms with Crippen LogP contribution in [0.3, 0.4) is 0 Å². The average molecular weight is 279 g/mol. The van der Waals surface area contributed by atoms with Gasteiger partial charge in [0, 0.05) is 6.07 Å². The molecule has 0 saturated heterocycles. The minimum atomic E-state index is -1.26. The molecule has 0 radical (unpaired) electrons. The molecule has 19 heavy (non-hydrogen) atoms. The Morgan fingerprint density at radius 2 is 2.21 bits per heavy atom. The van der Waals surface area contributed by atoms with Crippen LogP contribution in [0.1, 0.15) is 15.9 Å². The van der Waals surface area contributed by atoms with Crippen molar-refractivity contribution in [3.63, 3.8) is 0 Å². The van der Waals surface area contributed by atoms with Crippen LogP contribution in [-0.2, 0) is 6.61 Å².